The van der Waals surface area contributed by atoms with Crippen molar-refractivity contribution in [3.05, 3.63) is 35.2 Å². The molecule has 0 radical (unpaired) electrons. The molecule has 0 saturated heterocycles. The summed E-state index contributed by atoms with van der Waals surface area (Å²) in [4.78, 5) is 0. The van der Waals surface area contributed by atoms with Gasteiger partial charge in [0.15, 0.2) is 0 Å². The van der Waals surface area contributed by atoms with Crippen molar-refractivity contribution in [2.24, 2.45) is 0 Å². The third-order valence-corrected chi connectivity index (χ3v) is 5.59. The fourth-order valence-electron chi connectivity index (χ4n) is 3.26. The van der Waals surface area contributed by atoms with Crippen molar-refractivity contribution in [3.8, 4) is 0 Å². The highest BCUT2D eigenvalue weighted by atomic mass is 32.1. The number of hydrogen-bond acceptors (Lipinski definition) is 3. The van der Waals surface area contributed by atoms with E-state index in [9.17, 15) is 0 Å². The maximum absolute atomic E-state index is 5.83. The van der Waals surface area contributed by atoms with Crippen molar-refractivity contribution in [2.75, 3.05) is 13.7 Å². The summed E-state index contributed by atoms with van der Waals surface area (Å²) in [6, 6.07) is 9.25. The van der Waals surface area contributed by atoms with Gasteiger partial charge in [0.1, 0.15) is 0 Å². The van der Waals surface area contributed by atoms with Crippen molar-refractivity contribution in [1.82, 2.24) is 5.32 Å². The van der Waals surface area contributed by atoms with E-state index in [0.29, 0.717) is 6.04 Å². The smallest absolute Gasteiger partial charge is 0.0697 e. The second-order valence-electron chi connectivity index (χ2n) is 5.74. The molecule has 1 aromatic heterocycles. The van der Waals surface area contributed by atoms with E-state index in [2.05, 4.69) is 41.9 Å². The fourth-order valence-corrected chi connectivity index (χ4v) is 4.23. The zero-order valence-electron chi connectivity index (χ0n) is 12.3. The SMILES string of the molecule is CCNC(CC1(OC)CCC1)c1cccc2ccsc12. The number of ether oxygens (including phenoxy) is 1. The van der Waals surface area contributed by atoms with Crippen LogP contribution in [0.4, 0.5) is 0 Å². The molecular weight excluding hydrogens is 266 g/mol. The van der Waals surface area contributed by atoms with Crippen LogP contribution in [0.25, 0.3) is 10.1 Å². The van der Waals surface area contributed by atoms with Crippen LogP contribution in [0.5, 0.6) is 0 Å². The Morgan fingerprint density at radius 3 is 2.85 bits per heavy atom. The van der Waals surface area contributed by atoms with E-state index in [4.69, 9.17) is 4.74 Å². The second-order valence-corrected chi connectivity index (χ2v) is 6.66. The first-order chi connectivity index (χ1) is 9.78. The Balaban J connectivity index is 1.91. The van der Waals surface area contributed by atoms with Crippen LogP contribution < -0.4 is 5.32 Å². The predicted octanol–water partition coefficient (Wildman–Crippen LogP) is 4.51. The van der Waals surface area contributed by atoms with Crippen molar-refractivity contribution in [3.63, 3.8) is 0 Å². The van der Waals surface area contributed by atoms with Gasteiger partial charge in [0.2, 0.25) is 0 Å². The topological polar surface area (TPSA) is 21.3 Å². The Labute approximate surface area is 125 Å². The summed E-state index contributed by atoms with van der Waals surface area (Å²) in [5, 5.41) is 7.21. The van der Waals surface area contributed by atoms with Crippen molar-refractivity contribution >= 4 is 21.4 Å². The minimum absolute atomic E-state index is 0.103. The van der Waals surface area contributed by atoms with E-state index in [1.807, 2.05) is 18.4 Å². The lowest BCUT2D eigenvalue weighted by Gasteiger charge is -2.43. The molecule has 0 amide bonds. The quantitative estimate of drug-likeness (QED) is 0.844. The molecule has 20 heavy (non-hydrogen) atoms. The maximum Gasteiger partial charge on any atom is 0.0697 e. The molecule has 1 fully saturated rings. The van der Waals surface area contributed by atoms with Gasteiger partial charge in [-0.2, -0.15) is 0 Å². The van der Waals surface area contributed by atoms with Crippen molar-refractivity contribution < 1.29 is 4.74 Å². The first-order valence-corrected chi connectivity index (χ1v) is 8.40. The van der Waals surface area contributed by atoms with Gasteiger partial charge in [-0.05, 0) is 54.6 Å². The summed E-state index contributed by atoms with van der Waals surface area (Å²) in [6.07, 6.45) is 4.78. The number of methoxy groups -OCH3 is 1. The number of hydrogen-bond donors (Lipinski definition) is 1. The molecule has 1 saturated carbocycles. The van der Waals surface area contributed by atoms with E-state index >= 15 is 0 Å². The minimum atomic E-state index is 0.103. The van der Waals surface area contributed by atoms with Crippen LogP contribution in [0, 0.1) is 0 Å². The van der Waals surface area contributed by atoms with Gasteiger partial charge in [0.05, 0.1) is 5.60 Å². The van der Waals surface area contributed by atoms with Crippen LogP contribution in [-0.4, -0.2) is 19.3 Å². The Kier molecular flexibility index (Phi) is 4.11. The Morgan fingerprint density at radius 1 is 1.35 bits per heavy atom. The molecule has 0 spiro atoms. The Bertz CT molecular complexity index is 568. The average molecular weight is 289 g/mol. The molecule has 1 aliphatic carbocycles. The van der Waals surface area contributed by atoms with Crippen LogP contribution in [0.1, 0.15) is 44.2 Å². The van der Waals surface area contributed by atoms with Crippen LogP contribution in [-0.2, 0) is 4.74 Å². The van der Waals surface area contributed by atoms with Gasteiger partial charge in [-0.1, -0.05) is 25.1 Å². The van der Waals surface area contributed by atoms with Gasteiger partial charge in [-0.25, -0.2) is 0 Å². The summed E-state index contributed by atoms with van der Waals surface area (Å²) in [5.74, 6) is 0. The largest absolute Gasteiger partial charge is 0.378 e. The molecule has 3 heteroatoms. The molecule has 1 aliphatic rings. The average Bonchev–Trinajstić information content (AvgIpc) is 2.90. The fraction of sp³-hybridized carbons (Fsp3) is 0.529. The summed E-state index contributed by atoms with van der Waals surface area (Å²) in [7, 11) is 1.87. The summed E-state index contributed by atoms with van der Waals surface area (Å²) >= 11 is 1.85. The van der Waals surface area contributed by atoms with Crippen LogP contribution in [0.15, 0.2) is 29.6 Å². The van der Waals surface area contributed by atoms with Crippen LogP contribution in [0.3, 0.4) is 0 Å². The number of fused-ring (bicyclic) bond motifs is 1. The van der Waals surface area contributed by atoms with Crippen molar-refractivity contribution in [2.45, 2.75) is 44.2 Å². The number of nitrogens with one attached hydrogen (secondary N) is 1. The van der Waals surface area contributed by atoms with Crippen molar-refractivity contribution in [1.29, 1.82) is 0 Å². The normalized spacial score (nSPS) is 18.9. The van der Waals surface area contributed by atoms with E-state index in [1.54, 1.807) is 0 Å². The number of thiophene rings is 1. The van der Waals surface area contributed by atoms with Crippen LogP contribution in [0.2, 0.25) is 0 Å². The molecule has 2 nitrogen and oxygen atoms in total. The molecule has 1 atom stereocenters. The zero-order chi connectivity index (χ0) is 14.0. The number of benzene rings is 1. The lowest BCUT2D eigenvalue weighted by Crippen LogP contribution is -2.42. The molecule has 2 aromatic rings. The maximum atomic E-state index is 5.83. The second kappa shape index (κ2) is 5.84. The Morgan fingerprint density at radius 2 is 2.20 bits per heavy atom. The third-order valence-electron chi connectivity index (χ3n) is 4.61. The van der Waals surface area contributed by atoms with Gasteiger partial charge in [0, 0.05) is 17.9 Å². The highest BCUT2D eigenvalue weighted by molar-refractivity contribution is 7.17. The van der Waals surface area contributed by atoms with Gasteiger partial charge in [0.25, 0.3) is 0 Å². The lowest BCUT2D eigenvalue weighted by atomic mass is 9.74. The van der Waals surface area contributed by atoms with Gasteiger partial charge in [-0.15, -0.1) is 11.3 Å². The summed E-state index contributed by atoms with van der Waals surface area (Å²) in [6.45, 7) is 3.17. The molecule has 1 heterocycles. The summed E-state index contributed by atoms with van der Waals surface area (Å²) < 4.78 is 7.25. The first kappa shape index (κ1) is 14.1. The standard InChI is InChI=1S/C17H23NOS/c1-3-18-15(12-17(19-2)9-5-10-17)14-7-4-6-13-8-11-20-16(13)14/h4,6-8,11,15,18H,3,5,9-10,12H2,1-2H3. The minimum Gasteiger partial charge on any atom is -0.378 e. The highest BCUT2D eigenvalue weighted by Crippen LogP contribution is 2.43. The molecule has 108 valence electrons. The van der Waals surface area contributed by atoms with E-state index in [1.165, 1.54) is 34.9 Å². The summed E-state index contributed by atoms with van der Waals surface area (Å²) in [5.41, 5.74) is 1.54. The molecule has 3 rings (SSSR count). The van der Waals surface area contributed by atoms with E-state index in [0.717, 1.165) is 13.0 Å². The molecule has 1 aromatic carbocycles. The highest BCUT2D eigenvalue weighted by Gasteiger charge is 2.39. The first-order valence-electron chi connectivity index (χ1n) is 7.53. The van der Waals surface area contributed by atoms with Crippen LogP contribution >= 0.6 is 11.3 Å². The van der Waals surface area contributed by atoms with Gasteiger partial charge >= 0.3 is 0 Å². The molecule has 0 aliphatic heterocycles. The monoisotopic (exact) mass is 289 g/mol. The zero-order valence-corrected chi connectivity index (χ0v) is 13.1. The van der Waals surface area contributed by atoms with Gasteiger partial charge < -0.3 is 10.1 Å². The molecule has 0 bridgehead atoms. The van der Waals surface area contributed by atoms with Gasteiger partial charge in [-0.3, -0.25) is 0 Å². The number of rotatable bonds is 6. The molecule has 1 N–H and O–H groups in total. The van der Waals surface area contributed by atoms with E-state index in [-0.39, 0.29) is 5.60 Å². The lowest BCUT2D eigenvalue weighted by molar-refractivity contribution is -0.0836. The predicted molar refractivity (Wildman–Crippen MR) is 86.5 cm³/mol. The Hall–Kier alpha value is -0.900. The third kappa shape index (κ3) is 2.50. The molecule has 1 unspecified atom stereocenters. The van der Waals surface area contributed by atoms with E-state index < -0.39 is 0 Å². The molecular formula is C17H23NOS.